The molecular formula is C20H18ClN5OS. The first kappa shape index (κ1) is 19.9. The van der Waals surface area contributed by atoms with Crippen molar-refractivity contribution in [1.29, 1.82) is 5.26 Å². The molecule has 0 bridgehead atoms. The molecule has 8 heteroatoms. The van der Waals surface area contributed by atoms with Crippen molar-refractivity contribution in [2.75, 3.05) is 11.1 Å². The number of amides is 1. The van der Waals surface area contributed by atoms with Crippen molar-refractivity contribution < 1.29 is 4.79 Å². The van der Waals surface area contributed by atoms with Gasteiger partial charge in [0.15, 0.2) is 11.0 Å². The Labute approximate surface area is 172 Å². The number of carbonyl (C=O) groups excluding carboxylic acids is 1. The van der Waals surface area contributed by atoms with Crippen LogP contribution in [-0.2, 0) is 11.3 Å². The summed E-state index contributed by atoms with van der Waals surface area (Å²) in [6.07, 6.45) is 0. The lowest BCUT2D eigenvalue weighted by molar-refractivity contribution is -0.113. The smallest absolute Gasteiger partial charge is 0.234 e. The van der Waals surface area contributed by atoms with Crippen LogP contribution in [0.3, 0.4) is 0 Å². The fraction of sp³-hybridized carbons (Fsp3) is 0.200. The fourth-order valence-corrected chi connectivity index (χ4v) is 3.74. The van der Waals surface area contributed by atoms with E-state index in [2.05, 4.69) is 15.5 Å². The van der Waals surface area contributed by atoms with Crippen molar-refractivity contribution in [3.8, 4) is 17.5 Å². The Morgan fingerprint density at radius 1 is 1.29 bits per heavy atom. The number of halogens is 1. The number of anilines is 1. The highest BCUT2D eigenvalue weighted by Crippen LogP contribution is 2.26. The van der Waals surface area contributed by atoms with E-state index in [0.29, 0.717) is 28.0 Å². The normalized spacial score (nSPS) is 10.5. The fourth-order valence-electron chi connectivity index (χ4n) is 2.71. The molecule has 1 N–H and O–H groups in total. The third-order valence-corrected chi connectivity index (χ3v) is 5.40. The number of nitriles is 1. The summed E-state index contributed by atoms with van der Waals surface area (Å²) < 4.78 is 2.00. The molecule has 0 radical (unpaired) electrons. The van der Waals surface area contributed by atoms with Gasteiger partial charge in [0.05, 0.1) is 16.3 Å². The van der Waals surface area contributed by atoms with Gasteiger partial charge in [0, 0.05) is 17.8 Å². The largest absolute Gasteiger partial charge is 0.325 e. The van der Waals surface area contributed by atoms with Crippen molar-refractivity contribution >= 4 is 35.0 Å². The number of rotatable bonds is 6. The lowest BCUT2D eigenvalue weighted by atomic mass is 10.1. The Kier molecular flexibility index (Phi) is 6.34. The molecule has 1 aromatic heterocycles. The third-order valence-electron chi connectivity index (χ3n) is 4.12. The molecular weight excluding hydrogens is 394 g/mol. The monoisotopic (exact) mass is 411 g/mol. The maximum Gasteiger partial charge on any atom is 0.234 e. The van der Waals surface area contributed by atoms with E-state index in [9.17, 15) is 4.79 Å². The van der Waals surface area contributed by atoms with Gasteiger partial charge in [0.25, 0.3) is 0 Å². The number of benzene rings is 2. The molecule has 1 amide bonds. The molecule has 0 fully saturated rings. The van der Waals surface area contributed by atoms with Gasteiger partial charge in [-0.15, -0.1) is 10.2 Å². The van der Waals surface area contributed by atoms with Crippen LogP contribution in [0.15, 0.2) is 47.6 Å². The van der Waals surface area contributed by atoms with Gasteiger partial charge >= 0.3 is 0 Å². The molecule has 142 valence electrons. The van der Waals surface area contributed by atoms with Gasteiger partial charge in [-0.1, -0.05) is 47.6 Å². The highest BCUT2D eigenvalue weighted by atomic mass is 35.5. The van der Waals surface area contributed by atoms with E-state index >= 15 is 0 Å². The van der Waals surface area contributed by atoms with Crippen LogP contribution in [0.4, 0.5) is 5.69 Å². The molecule has 0 saturated carbocycles. The van der Waals surface area contributed by atoms with E-state index in [1.807, 2.05) is 48.7 Å². The Balaban J connectivity index is 1.69. The zero-order valence-corrected chi connectivity index (χ0v) is 17.0. The first-order chi connectivity index (χ1) is 13.5. The SMILES string of the molecule is CCn1c(SCC(=O)Nc2ccc(C#N)c(Cl)c2)nnc1-c1ccccc1C. The van der Waals surface area contributed by atoms with Gasteiger partial charge in [-0.25, -0.2) is 0 Å². The van der Waals surface area contributed by atoms with Gasteiger partial charge in [-0.2, -0.15) is 5.26 Å². The summed E-state index contributed by atoms with van der Waals surface area (Å²) in [7, 11) is 0. The number of hydrogen-bond acceptors (Lipinski definition) is 5. The number of carbonyl (C=O) groups is 1. The second-order valence-corrected chi connectivity index (χ2v) is 7.36. The van der Waals surface area contributed by atoms with Crippen molar-refractivity contribution in [3.05, 3.63) is 58.6 Å². The number of hydrogen-bond donors (Lipinski definition) is 1. The molecule has 0 unspecified atom stereocenters. The number of nitrogens with one attached hydrogen (secondary N) is 1. The van der Waals surface area contributed by atoms with Crippen LogP contribution < -0.4 is 5.32 Å². The van der Waals surface area contributed by atoms with E-state index in [1.54, 1.807) is 18.2 Å². The minimum Gasteiger partial charge on any atom is -0.325 e. The van der Waals surface area contributed by atoms with Gasteiger partial charge < -0.3 is 9.88 Å². The number of aromatic nitrogens is 3. The van der Waals surface area contributed by atoms with E-state index in [4.69, 9.17) is 16.9 Å². The number of aryl methyl sites for hydroxylation is 1. The minimum absolute atomic E-state index is 0.184. The van der Waals surface area contributed by atoms with Crippen LogP contribution in [-0.4, -0.2) is 26.4 Å². The summed E-state index contributed by atoms with van der Waals surface area (Å²) in [5, 5.41) is 21.3. The second kappa shape index (κ2) is 8.91. The Morgan fingerprint density at radius 3 is 2.75 bits per heavy atom. The highest BCUT2D eigenvalue weighted by Gasteiger charge is 2.16. The van der Waals surface area contributed by atoms with Gasteiger partial charge in [0.1, 0.15) is 6.07 Å². The quantitative estimate of drug-likeness (QED) is 0.602. The van der Waals surface area contributed by atoms with Crippen molar-refractivity contribution in [3.63, 3.8) is 0 Å². The molecule has 0 aliphatic heterocycles. The van der Waals surface area contributed by atoms with Crippen molar-refractivity contribution in [2.45, 2.75) is 25.5 Å². The van der Waals surface area contributed by atoms with Crippen molar-refractivity contribution in [1.82, 2.24) is 14.8 Å². The van der Waals surface area contributed by atoms with E-state index in [1.165, 1.54) is 11.8 Å². The molecule has 0 aliphatic carbocycles. The molecule has 0 saturated heterocycles. The predicted molar refractivity (Wildman–Crippen MR) is 111 cm³/mol. The van der Waals surface area contributed by atoms with Gasteiger partial charge in [-0.3, -0.25) is 4.79 Å². The third kappa shape index (κ3) is 4.35. The molecule has 2 aromatic carbocycles. The van der Waals surface area contributed by atoms with Crippen LogP contribution in [0, 0.1) is 18.3 Å². The average Bonchev–Trinajstić information content (AvgIpc) is 3.09. The van der Waals surface area contributed by atoms with E-state index in [0.717, 1.165) is 17.0 Å². The zero-order valence-electron chi connectivity index (χ0n) is 15.4. The molecule has 0 spiro atoms. The molecule has 6 nitrogen and oxygen atoms in total. The first-order valence-corrected chi connectivity index (χ1v) is 10.0. The molecule has 28 heavy (non-hydrogen) atoms. The highest BCUT2D eigenvalue weighted by molar-refractivity contribution is 7.99. The van der Waals surface area contributed by atoms with Crippen LogP contribution in [0.2, 0.25) is 5.02 Å². The summed E-state index contributed by atoms with van der Waals surface area (Å²) in [6, 6.07) is 14.8. The van der Waals surface area contributed by atoms with Crippen LogP contribution >= 0.6 is 23.4 Å². The zero-order chi connectivity index (χ0) is 20.1. The van der Waals surface area contributed by atoms with Crippen LogP contribution in [0.5, 0.6) is 0 Å². The molecule has 0 atom stereocenters. The van der Waals surface area contributed by atoms with Crippen LogP contribution in [0.25, 0.3) is 11.4 Å². The number of nitrogens with zero attached hydrogens (tertiary/aromatic N) is 4. The first-order valence-electron chi connectivity index (χ1n) is 8.65. The molecule has 3 aromatic rings. The van der Waals surface area contributed by atoms with Crippen molar-refractivity contribution in [2.24, 2.45) is 0 Å². The molecule has 3 rings (SSSR count). The van der Waals surface area contributed by atoms with Crippen LogP contribution in [0.1, 0.15) is 18.1 Å². The summed E-state index contributed by atoms with van der Waals surface area (Å²) in [6.45, 7) is 4.76. The lowest BCUT2D eigenvalue weighted by Gasteiger charge is -2.09. The summed E-state index contributed by atoms with van der Waals surface area (Å²) in [4.78, 5) is 12.3. The average molecular weight is 412 g/mol. The minimum atomic E-state index is -0.186. The van der Waals surface area contributed by atoms with Gasteiger partial charge in [-0.05, 0) is 37.6 Å². The maximum absolute atomic E-state index is 12.3. The second-order valence-electron chi connectivity index (χ2n) is 6.01. The molecule has 0 aliphatic rings. The Morgan fingerprint density at radius 2 is 2.07 bits per heavy atom. The predicted octanol–water partition coefficient (Wildman–Crippen LogP) is 4.53. The van der Waals surface area contributed by atoms with E-state index in [-0.39, 0.29) is 11.7 Å². The lowest BCUT2D eigenvalue weighted by Crippen LogP contribution is -2.14. The Hall–Kier alpha value is -2.82. The van der Waals surface area contributed by atoms with E-state index < -0.39 is 0 Å². The van der Waals surface area contributed by atoms with Gasteiger partial charge in [0.2, 0.25) is 5.91 Å². The number of thioether (sulfide) groups is 1. The molecule has 1 heterocycles. The standard InChI is InChI=1S/C20H18ClN5OS/c1-3-26-19(16-7-5-4-6-13(16)2)24-25-20(26)28-12-18(27)23-15-9-8-14(11-22)17(21)10-15/h4-10H,3,12H2,1-2H3,(H,23,27). The summed E-state index contributed by atoms with van der Waals surface area (Å²) >= 11 is 7.32. The summed E-state index contributed by atoms with van der Waals surface area (Å²) in [5.74, 6) is 0.792. The Bertz CT molecular complexity index is 1060. The summed E-state index contributed by atoms with van der Waals surface area (Å²) in [5.41, 5.74) is 3.07. The topological polar surface area (TPSA) is 83.6 Å². The maximum atomic E-state index is 12.3.